The summed E-state index contributed by atoms with van der Waals surface area (Å²) in [4.78, 5) is 28.8. The molecule has 2 N–H and O–H groups in total. The van der Waals surface area contributed by atoms with Gasteiger partial charge < -0.3 is 10.3 Å². The van der Waals surface area contributed by atoms with E-state index in [0.717, 1.165) is 25.7 Å². The Morgan fingerprint density at radius 3 is 2.64 bits per heavy atom. The lowest BCUT2D eigenvalue weighted by molar-refractivity contribution is 0.0953. The van der Waals surface area contributed by atoms with Gasteiger partial charge in [-0.1, -0.05) is 25.5 Å². The molecule has 1 aliphatic heterocycles. The van der Waals surface area contributed by atoms with Gasteiger partial charge in [0.2, 0.25) is 15.5 Å². The minimum atomic E-state index is -3.72. The van der Waals surface area contributed by atoms with Crippen LogP contribution < -0.4 is 10.7 Å². The van der Waals surface area contributed by atoms with E-state index in [4.69, 9.17) is 0 Å². The van der Waals surface area contributed by atoms with Crippen molar-refractivity contribution in [2.24, 2.45) is 11.8 Å². The van der Waals surface area contributed by atoms with Crippen LogP contribution in [0.5, 0.6) is 0 Å². The number of carbonyl (C=O) groups excluding carboxylic acids is 1. The summed E-state index contributed by atoms with van der Waals surface area (Å²) in [5.41, 5.74) is 1.39. The van der Waals surface area contributed by atoms with Crippen LogP contribution in [0.2, 0.25) is 0 Å². The third-order valence-corrected chi connectivity index (χ3v) is 8.51. The summed E-state index contributed by atoms with van der Waals surface area (Å²) in [7, 11) is -3.72. The zero-order chi connectivity index (χ0) is 23.6. The number of hydrogen-bond acceptors (Lipinski definition) is 4. The second-order valence-corrected chi connectivity index (χ2v) is 11.6. The number of carbonyl (C=O) groups is 1. The van der Waals surface area contributed by atoms with Crippen LogP contribution in [0.4, 0.5) is 0 Å². The van der Waals surface area contributed by atoms with Gasteiger partial charge in [0.1, 0.15) is 5.56 Å². The van der Waals surface area contributed by atoms with Gasteiger partial charge >= 0.3 is 0 Å². The van der Waals surface area contributed by atoms with Crippen molar-refractivity contribution in [2.45, 2.75) is 57.3 Å². The van der Waals surface area contributed by atoms with Gasteiger partial charge in [-0.15, -0.1) is 0 Å². The first-order chi connectivity index (χ1) is 15.8. The first-order valence-electron chi connectivity index (χ1n) is 11.9. The number of benzene rings is 1. The fraction of sp³-hybridized carbons (Fsp3) is 0.520. The molecule has 1 aromatic carbocycles. The number of nitrogens with one attached hydrogen (secondary N) is 2. The first-order valence-corrected chi connectivity index (χ1v) is 13.3. The largest absolute Gasteiger partial charge is 0.360 e. The minimum absolute atomic E-state index is 0.00473. The molecule has 7 nitrogen and oxygen atoms in total. The van der Waals surface area contributed by atoms with E-state index in [1.165, 1.54) is 41.0 Å². The second kappa shape index (κ2) is 9.81. The highest BCUT2D eigenvalue weighted by molar-refractivity contribution is 7.89. The molecule has 0 radical (unpaired) electrons. The van der Waals surface area contributed by atoms with Gasteiger partial charge in [0, 0.05) is 36.7 Å². The van der Waals surface area contributed by atoms with Crippen molar-refractivity contribution in [1.29, 1.82) is 0 Å². The molecule has 2 heterocycles. The monoisotopic (exact) mass is 471 g/mol. The first kappa shape index (κ1) is 23.7. The molecule has 0 bridgehead atoms. The third-order valence-electron chi connectivity index (χ3n) is 6.69. The number of sulfonamides is 1. The zero-order valence-corrected chi connectivity index (χ0v) is 20.2. The lowest BCUT2D eigenvalue weighted by Gasteiger charge is -2.34. The van der Waals surface area contributed by atoms with E-state index in [1.54, 1.807) is 6.07 Å². The van der Waals surface area contributed by atoms with Crippen molar-refractivity contribution in [3.63, 3.8) is 0 Å². The summed E-state index contributed by atoms with van der Waals surface area (Å²) >= 11 is 0. The summed E-state index contributed by atoms with van der Waals surface area (Å²) in [6.07, 6.45) is 9.99. The Bertz CT molecular complexity index is 1220. The molecule has 178 valence electrons. The molecule has 1 aliphatic carbocycles. The van der Waals surface area contributed by atoms with Crippen molar-refractivity contribution in [3.05, 3.63) is 51.8 Å². The fourth-order valence-corrected chi connectivity index (χ4v) is 6.75. The van der Waals surface area contributed by atoms with Crippen molar-refractivity contribution < 1.29 is 13.2 Å². The summed E-state index contributed by atoms with van der Waals surface area (Å²) in [5, 5.41) is 3.04. The lowest BCUT2D eigenvalue weighted by atomic mass is 9.94. The maximum Gasteiger partial charge on any atom is 0.256 e. The number of H-pyrrole nitrogens is 1. The van der Waals surface area contributed by atoms with E-state index in [2.05, 4.69) is 30.2 Å². The van der Waals surface area contributed by atoms with Crippen molar-refractivity contribution in [2.75, 3.05) is 19.6 Å². The van der Waals surface area contributed by atoms with E-state index in [0.29, 0.717) is 25.2 Å². The predicted molar refractivity (Wildman–Crippen MR) is 130 cm³/mol. The summed E-state index contributed by atoms with van der Waals surface area (Å²) < 4.78 is 28.1. The predicted octanol–water partition coefficient (Wildman–Crippen LogP) is 3.82. The molecule has 33 heavy (non-hydrogen) atoms. The number of aromatic nitrogens is 1. The molecule has 1 amide bonds. The number of fused-ring (bicyclic) bond motifs is 1. The standard InChI is InChI=1S/C25H33N3O4S/c1-17-12-18(2)16-28(15-17)33(31,32)20-8-9-23-21(13-20)24(29)22(14-27-23)25(30)26-11-10-19-6-4-3-5-7-19/h6,8-9,13-14,17-18H,3-5,7,10-12,15-16H2,1-2H3,(H,26,30)(H,27,29)/t17-,18-/m0/s1. The molecule has 4 rings (SSSR count). The fourth-order valence-electron chi connectivity index (χ4n) is 5.04. The number of aromatic amines is 1. The number of pyridine rings is 1. The maximum atomic E-state index is 13.3. The Kier molecular flexibility index (Phi) is 7.05. The van der Waals surface area contributed by atoms with Gasteiger partial charge in [-0.25, -0.2) is 8.42 Å². The Morgan fingerprint density at radius 2 is 1.94 bits per heavy atom. The van der Waals surface area contributed by atoms with Gasteiger partial charge in [-0.2, -0.15) is 4.31 Å². The van der Waals surface area contributed by atoms with Crippen LogP contribution in [0.3, 0.4) is 0 Å². The molecule has 1 saturated heterocycles. The Labute approximate surface area is 195 Å². The van der Waals surface area contributed by atoms with E-state index in [1.807, 2.05) is 0 Å². The summed E-state index contributed by atoms with van der Waals surface area (Å²) in [6, 6.07) is 4.52. The Balaban J connectivity index is 1.56. The van der Waals surface area contributed by atoms with E-state index >= 15 is 0 Å². The maximum absolute atomic E-state index is 13.3. The number of rotatable bonds is 6. The van der Waals surface area contributed by atoms with Gasteiger partial charge in [0.25, 0.3) is 5.91 Å². The van der Waals surface area contributed by atoms with Crippen molar-refractivity contribution in [1.82, 2.24) is 14.6 Å². The SMILES string of the molecule is C[C@H]1C[C@H](C)CN(S(=O)(=O)c2ccc3[nH]cc(C(=O)NCCC4=CCCCC4)c(=O)c3c2)C1. The van der Waals surface area contributed by atoms with Crippen LogP contribution in [0.1, 0.15) is 62.7 Å². The number of allylic oxidation sites excluding steroid dienone is 1. The van der Waals surface area contributed by atoms with Crippen LogP contribution in [-0.2, 0) is 10.0 Å². The summed E-state index contributed by atoms with van der Waals surface area (Å²) in [5.74, 6) is 0.126. The van der Waals surface area contributed by atoms with Gasteiger partial charge in [0.05, 0.1) is 4.90 Å². The van der Waals surface area contributed by atoms with Gasteiger partial charge in [-0.05, 0) is 68.6 Å². The quantitative estimate of drug-likeness (QED) is 0.626. The van der Waals surface area contributed by atoms with Crippen LogP contribution >= 0.6 is 0 Å². The lowest BCUT2D eigenvalue weighted by Crippen LogP contribution is -2.42. The number of nitrogens with zero attached hydrogens (tertiary/aromatic N) is 1. The van der Waals surface area contributed by atoms with Crippen LogP contribution in [-0.4, -0.2) is 43.2 Å². The zero-order valence-electron chi connectivity index (χ0n) is 19.4. The molecule has 0 spiro atoms. The van der Waals surface area contributed by atoms with E-state index < -0.39 is 21.4 Å². The van der Waals surface area contributed by atoms with Crippen molar-refractivity contribution in [3.8, 4) is 0 Å². The molecule has 1 fully saturated rings. The van der Waals surface area contributed by atoms with E-state index in [9.17, 15) is 18.0 Å². The van der Waals surface area contributed by atoms with Gasteiger partial charge in [0.15, 0.2) is 0 Å². The molecule has 2 atom stereocenters. The minimum Gasteiger partial charge on any atom is -0.360 e. The molecule has 0 saturated carbocycles. The molecule has 0 unspecified atom stereocenters. The highest BCUT2D eigenvalue weighted by atomic mass is 32.2. The smallest absolute Gasteiger partial charge is 0.256 e. The summed E-state index contributed by atoms with van der Waals surface area (Å²) in [6.45, 7) is 5.53. The Hall–Kier alpha value is -2.45. The average molecular weight is 472 g/mol. The molecular weight excluding hydrogens is 438 g/mol. The highest BCUT2D eigenvalue weighted by Gasteiger charge is 2.32. The van der Waals surface area contributed by atoms with Crippen LogP contribution in [0.15, 0.2) is 45.7 Å². The van der Waals surface area contributed by atoms with Crippen LogP contribution in [0.25, 0.3) is 10.9 Å². The van der Waals surface area contributed by atoms with Gasteiger partial charge in [-0.3, -0.25) is 9.59 Å². The van der Waals surface area contributed by atoms with E-state index in [-0.39, 0.29) is 27.7 Å². The third kappa shape index (κ3) is 5.22. The normalized spacial score (nSPS) is 22.2. The number of amides is 1. The number of hydrogen-bond donors (Lipinski definition) is 2. The van der Waals surface area contributed by atoms with Crippen LogP contribution in [0, 0.1) is 11.8 Å². The molecule has 8 heteroatoms. The Morgan fingerprint density at radius 1 is 1.18 bits per heavy atom. The number of piperidine rings is 1. The molecule has 2 aliphatic rings. The highest BCUT2D eigenvalue weighted by Crippen LogP contribution is 2.27. The molecular formula is C25H33N3O4S. The average Bonchev–Trinajstić information content (AvgIpc) is 2.79. The molecule has 2 aromatic rings. The molecule has 1 aromatic heterocycles. The topological polar surface area (TPSA) is 99.3 Å². The van der Waals surface area contributed by atoms with Crippen molar-refractivity contribution >= 4 is 26.8 Å². The second-order valence-electron chi connectivity index (χ2n) is 9.62.